The number of nitrogens with zero attached hydrogens (tertiary/aromatic N) is 2. The van der Waals surface area contributed by atoms with Gasteiger partial charge in [0, 0.05) is 33.4 Å². The highest BCUT2D eigenvalue weighted by atomic mass is 79.9. The summed E-state index contributed by atoms with van der Waals surface area (Å²) in [6.07, 6.45) is 2.48. The minimum absolute atomic E-state index is 0.0177. The van der Waals surface area contributed by atoms with E-state index in [1.165, 1.54) is 12.4 Å². The molecule has 1 aromatic heterocycles. The lowest BCUT2D eigenvalue weighted by molar-refractivity contribution is 0.0677. The Morgan fingerprint density at radius 2 is 2.16 bits per heavy atom. The van der Waals surface area contributed by atoms with E-state index < -0.39 is 17.3 Å². The van der Waals surface area contributed by atoms with E-state index in [0.29, 0.717) is 5.75 Å². The molecule has 0 aliphatic heterocycles. The van der Waals surface area contributed by atoms with E-state index in [1.54, 1.807) is 0 Å². The Balaban J connectivity index is 2.03. The first-order valence-electron chi connectivity index (χ1n) is 5.45. The quantitative estimate of drug-likeness (QED) is 0.828. The molecule has 0 N–H and O–H groups in total. The predicted molar refractivity (Wildman–Crippen MR) is 73.2 cm³/mol. The monoisotopic (exact) mass is 348 g/mol. The number of halogens is 3. The van der Waals surface area contributed by atoms with E-state index in [-0.39, 0.29) is 11.6 Å². The molecule has 0 radical (unpaired) electrons. The standard InChI is InChI=1S/C12H11BrF2N2OS/c13-10-3-1-2-9(6-10)7-19(18)8-11-16-4-5-17(11)12(14)15/h1-6,12H,7-8H2. The van der Waals surface area contributed by atoms with Crippen LogP contribution in [0.25, 0.3) is 0 Å². The van der Waals surface area contributed by atoms with Gasteiger partial charge in [0.1, 0.15) is 5.82 Å². The van der Waals surface area contributed by atoms with E-state index in [0.717, 1.165) is 14.6 Å². The number of alkyl halides is 2. The van der Waals surface area contributed by atoms with Crippen LogP contribution in [0.2, 0.25) is 0 Å². The third-order valence-electron chi connectivity index (χ3n) is 2.47. The van der Waals surface area contributed by atoms with Crippen LogP contribution in [0.4, 0.5) is 8.78 Å². The van der Waals surface area contributed by atoms with Gasteiger partial charge in [-0.15, -0.1) is 0 Å². The molecule has 0 saturated heterocycles. The second kappa shape index (κ2) is 6.38. The molecule has 0 aliphatic rings. The molecular formula is C12H11BrF2N2OS. The molecule has 0 saturated carbocycles. The van der Waals surface area contributed by atoms with Crippen LogP contribution in [0, 0.1) is 0 Å². The summed E-state index contributed by atoms with van der Waals surface area (Å²) in [6, 6.07) is 7.42. The van der Waals surface area contributed by atoms with Gasteiger partial charge in [-0.1, -0.05) is 28.1 Å². The van der Waals surface area contributed by atoms with E-state index in [4.69, 9.17) is 0 Å². The number of aromatic nitrogens is 2. The smallest absolute Gasteiger partial charge is 0.277 e. The lowest BCUT2D eigenvalue weighted by Crippen LogP contribution is -2.08. The van der Waals surface area contributed by atoms with Crippen molar-refractivity contribution >= 4 is 26.7 Å². The fourth-order valence-corrected chi connectivity index (χ4v) is 3.25. The van der Waals surface area contributed by atoms with Gasteiger partial charge in [-0.05, 0) is 17.7 Å². The third-order valence-corrected chi connectivity index (χ3v) is 4.19. The molecule has 1 heterocycles. The number of benzene rings is 1. The van der Waals surface area contributed by atoms with Crippen LogP contribution in [-0.4, -0.2) is 13.8 Å². The van der Waals surface area contributed by atoms with Crippen molar-refractivity contribution in [2.45, 2.75) is 18.1 Å². The Labute approximate surface area is 120 Å². The molecule has 1 unspecified atom stereocenters. The van der Waals surface area contributed by atoms with Crippen LogP contribution in [0.1, 0.15) is 17.9 Å². The predicted octanol–water partition coefficient (Wildman–Crippen LogP) is 3.49. The molecule has 7 heteroatoms. The van der Waals surface area contributed by atoms with Gasteiger partial charge < -0.3 is 0 Å². The molecule has 102 valence electrons. The first kappa shape index (κ1) is 14.3. The van der Waals surface area contributed by atoms with Gasteiger partial charge in [0.2, 0.25) is 0 Å². The zero-order valence-corrected chi connectivity index (χ0v) is 12.2. The van der Waals surface area contributed by atoms with Gasteiger partial charge >= 0.3 is 6.55 Å². The summed E-state index contributed by atoms with van der Waals surface area (Å²) in [5.74, 6) is 0.475. The minimum Gasteiger partial charge on any atom is -0.277 e. The average Bonchev–Trinajstić information content (AvgIpc) is 2.76. The Bertz CT molecular complexity index is 589. The van der Waals surface area contributed by atoms with E-state index >= 15 is 0 Å². The molecule has 2 rings (SSSR count). The van der Waals surface area contributed by atoms with Crippen LogP contribution >= 0.6 is 15.9 Å². The van der Waals surface area contributed by atoms with E-state index in [9.17, 15) is 13.0 Å². The highest BCUT2D eigenvalue weighted by Crippen LogP contribution is 2.16. The summed E-state index contributed by atoms with van der Waals surface area (Å²) in [4.78, 5) is 3.82. The van der Waals surface area contributed by atoms with Crippen LogP contribution in [0.3, 0.4) is 0 Å². The van der Waals surface area contributed by atoms with Crippen molar-refractivity contribution < 1.29 is 13.0 Å². The SMILES string of the molecule is O=S(Cc1cccc(Br)c1)Cc1nccn1C(F)F. The number of hydrogen-bond donors (Lipinski definition) is 0. The number of rotatable bonds is 5. The van der Waals surface area contributed by atoms with Gasteiger partial charge in [-0.3, -0.25) is 8.78 Å². The van der Waals surface area contributed by atoms with Crippen LogP contribution in [-0.2, 0) is 22.3 Å². The Kier molecular flexibility index (Phi) is 4.81. The lowest BCUT2D eigenvalue weighted by Gasteiger charge is -2.06. The lowest BCUT2D eigenvalue weighted by atomic mass is 10.2. The first-order chi connectivity index (χ1) is 9.06. The molecule has 0 amide bonds. The summed E-state index contributed by atoms with van der Waals surface area (Å²) in [5.41, 5.74) is 0.892. The van der Waals surface area contributed by atoms with Crippen molar-refractivity contribution in [3.05, 3.63) is 52.5 Å². The minimum atomic E-state index is -2.65. The van der Waals surface area contributed by atoms with Crippen molar-refractivity contribution in [3.63, 3.8) is 0 Å². The highest BCUT2D eigenvalue weighted by molar-refractivity contribution is 9.10. The van der Waals surface area contributed by atoms with Gasteiger partial charge in [-0.2, -0.15) is 8.78 Å². The topological polar surface area (TPSA) is 34.9 Å². The summed E-state index contributed by atoms with van der Waals surface area (Å²) in [7, 11) is -1.27. The van der Waals surface area contributed by atoms with Gasteiger partial charge in [-0.25, -0.2) is 4.98 Å². The largest absolute Gasteiger partial charge is 0.319 e. The summed E-state index contributed by atoms with van der Waals surface area (Å²) in [5, 5.41) is 0. The fraction of sp³-hybridized carbons (Fsp3) is 0.250. The molecule has 1 atom stereocenters. The van der Waals surface area contributed by atoms with E-state index in [1.807, 2.05) is 24.3 Å². The molecular weight excluding hydrogens is 338 g/mol. The zero-order valence-electron chi connectivity index (χ0n) is 9.80. The molecule has 19 heavy (non-hydrogen) atoms. The maximum Gasteiger partial charge on any atom is 0.319 e. The van der Waals surface area contributed by atoms with Gasteiger partial charge in [0.15, 0.2) is 0 Å². The van der Waals surface area contributed by atoms with Crippen molar-refractivity contribution in [2.75, 3.05) is 0 Å². The summed E-state index contributed by atoms with van der Waals surface area (Å²) < 4.78 is 38.8. The van der Waals surface area contributed by atoms with Crippen molar-refractivity contribution in [3.8, 4) is 0 Å². The molecule has 1 aromatic carbocycles. The average molecular weight is 349 g/mol. The van der Waals surface area contributed by atoms with Crippen molar-refractivity contribution in [1.82, 2.24) is 9.55 Å². The maximum atomic E-state index is 12.6. The second-order valence-corrected chi connectivity index (χ2v) is 6.26. The Morgan fingerprint density at radius 1 is 1.37 bits per heavy atom. The van der Waals surface area contributed by atoms with Crippen molar-refractivity contribution in [2.24, 2.45) is 0 Å². The molecule has 3 nitrogen and oxygen atoms in total. The first-order valence-corrected chi connectivity index (χ1v) is 7.73. The zero-order chi connectivity index (χ0) is 13.8. The maximum absolute atomic E-state index is 12.6. The van der Waals surface area contributed by atoms with Crippen molar-refractivity contribution in [1.29, 1.82) is 0 Å². The van der Waals surface area contributed by atoms with Crippen LogP contribution in [0.15, 0.2) is 41.1 Å². The highest BCUT2D eigenvalue weighted by Gasteiger charge is 2.14. The molecule has 2 aromatic rings. The third kappa shape index (κ3) is 3.94. The number of imidazole rings is 1. The second-order valence-electron chi connectivity index (χ2n) is 3.89. The molecule has 0 spiro atoms. The normalized spacial score (nSPS) is 12.8. The van der Waals surface area contributed by atoms with Gasteiger partial charge in [0.25, 0.3) is 0 Å². The van der Waals surface area contributed by atoms with Crippen LogP contribution < -0.4 is 0 Å². The molecule has 0 fully saturated rings. The summed E-state index contributed by atoms with van der Waals surface area (Å²) in [6.45, 7) is -2.65. The summed E-state index contributed by atoms with van der Waals surface area (Å²) >= 11 is 3.33. The number of hydrogen-bond acceptors (Lipinski definition) is 2. The molecule has 0 bridgehead atoms. The molecule has 0 aliphatic carbocycles. The van der Waals surface area contributed by atoms with E-state index in [2.05, 4.69) is 20.9 Å². The van der Waals surface area contributed by atoms with Gasteiger partial charge in [0.05, 0.1) is 5.75 Å². The Morgan fingerprint density at radius 3 is 2.84 bits per heavy atom. The van der Waals surface area contributed by atoms with Crippen LogP contribution in [0.5, 0.6) is 0 Å². The fourth-order valence-electron chi connectivity index (χ4n) is 1.64. The Hall–Kier alpha value is -1.08.